The standard InChI is InChI=1S/C8H18N2/c1-8(2)10-6-4-9(3)5-7-10/h8H,4-7H2,1-3H3/p+2. The van der Waals surface area contributed by atoms with Gasteiger partial charge in [0.2, 0.25) is 0 Å². The van der Waals surface area contributed by atoms with E-state index >= 15 is 0 Å². The second-order valence-electron chi connectivity index (χ2n) is 3.77. The summed E-state index contributed by atoms with van der Waals surface area (Å²) in [6, 6.07) is 0.827. The Labute approximate surface area is 63.8 Å². The molecule has 0 atom stereocenters. The average molecular weight is 144 g/mol. The van der Waals surface area contributed by atoms with Gasteiger partial charge in [0.15, 0.2) is 0 Å². The molecule has 0 radical (unpaired) electrons. The molecule has 0 bridgehead atoms. The topological polar surface area (TPSA) is 8.88 Å². The van der Waals surface area contributed by atoms with Crippen molar-refractivity contribution in [2.75, 3.05) is 33.2 Å². The molecule has 0 aromatic rings. The molecule has 0 amide bonds. The first-order valence-electron chi connectivity index (χ1n) is 4.36. The van der Waals surface area contributed by atoms with Gasteiger partial charge in [0.25, 0.3) is 0 Å². The zero-order valence-corrected chi connectivity index (χ0v) is 7.41. The highest BCUT2D eigenvalue weighted by Crippen LogP contribution is 1.68. The average Bonchev–Trinajstić information content (AvgIpc) is 1.88. The van der Waals surface area contributed by atoms with Gasteiger partial charge in [0, 0.05) is 0 Å². The largest absolute Gasteiger partial charge is 0.328 e. The molecule has 1 heterocycles. The van der Waals surface area contributed by atoms with Crippen LogP contribution in [0.5, 0.6) is 0 Å². The molecule has 2 heteroatoms. The molecule has 0 spiro atoms. The number of nitrogens with one attached hydrogen (secondary N) is 2. The summed E-state index contributed by atoms with van der Waals surface area (Å²) in [5.74, 6) is 0. The molecule has 1 fully saturated rings. The third-order valence-corrected chi connectivity index (χ3v) is 2.56. The minimum absolute atomic E-state index is 0.827. The fourth-order valence-electron chi connectivity index (χ4n) is 1.58. The van der Waals surface area contributed by atoms with E-state index in [1.54, 1.807) is 9.80 Å². The van der Waals surface area contributed by atoms with Crippen LogP contribution < -0.4 is 9.80 Å². The zero-order chi connectivity index (χ0) is 7.56. The Morgan fingerprint density at radius 2 is 1.50 bits per heavy atom. The van der Waals surface area contributed by atoms with E-state index in [9.17, 15) is 0 Å². The predicted octanol–water partition coefficient (Wildman–Crippen LogP) is -2.19. The van der Waals surface area contributed by atoms with Crippen LogP contribution in [0.25, 0.3) is 0 Å². The lowest BCUT2D eigenvalue weighted by Crippen LogP contribution is -3.28. The number of hydrogen-bond donors (Lipinski definition) is 2. The quantitative estimate of drug-likeness (QED) is 0.414. The van der Waals surface area contributed by atoms with E-state index in [0.29, 0.717) is 0 Å². The summed E-state index contributed by atoms with van der Waals surface area (Å²) in [6.45, 7) is 10.1. The SMILES string of the molecule is CC(C)[NH+]1CC[NH+](C)CC1. The number of likely N-dealkylation sites (N-methyl/N-ethyl adjacent to an activating group) is 1. The van der Waals surface area contributed by atoms with Gasteiger partial charge in [0.1, 0.15) is 26.2 Å². The van der Waals surface area contributed by atoms with Crippen LogP contribution in [0.2, 0.25) is 0 Å². The second-order valence-corrected chi connectivity index (χ2v) is 3.77. The van der Waals surface area contributed by atoms with Gasteiger partial charge in [-0.1, -0.05) is 0 Å². The van der Waals surface area contributed by atoms with E-state index < -0.39 is 0 Å². The fourth-order valence-corrected chi connectivity index (χ4v) is 1.58. The van der Waals surface area contributed by atoms with Crippen LogP contribution in [-0.2, 0) is 0 Å². The molecule has 0 aliphatic carbocycles. The van der Waals surface area contributed by atoms with E-state index in [2.05, 4.69) is 20.9 Å². The maximum Gasteiger partial charge on any atom is 0.127 e. The van der Waals surface area contributed by atoms with Crippen molar-refractivity contribution in [2.24, 2.45) is 0 Å². The maximum absolute atomic E-state index is 2.32. The summed E-state index contributed by atoms with van der Waals surface area (Å²) < 4.78 is 0. The van der Waals surface area contributed by atoms with E-state index in [-0.39, 0.29) is 0 Å². The Bertz CT molecular complexity index is 93.4. The zero-order valence-electron chi connectivity index (χ0n) is 7.41. The summed E-state index contributed by atoms with van der Waals surface area (Å²) in [5.41, 5.74) is 0. The number of hydrogen-bond acceptors (Lipinski definition) is 0. The summed E-state index contributed by atoms with van der Waals surface area (Å²) in [4.78, 5) is 3.48. The lowest BCUT2D eigenvalue weighted by molar-refractivity contribution is -1.01. The number of quaternary nitrogens is 2. The van der Waals surface area contributed by atoms with Crippen molar-refractivity contribution >= 4 is 0 Å². The number of piperazine rings is 1. The molecule has 2 nitrogen and oxygen atoms in total. The van der Waals surface area contributed by atoms with E-state index in [1.165, 1.54) is 26.2 Å². The van der Waals surface area contributed by atoms with E-state index in [4.69, 9.17) is 0 Å². The lowest BCUT2D eigenvalue weighted by atomic mass is 10.2. The highest BCUT2D eigenvalue weighted by atomic mass is 15.3. The van der Waals surface area contributed by atoms with Crippen molar-refractivity contribution in [1.29, 1.82) is 0 Å². The Balaban J connectivity index is 2.26. The lowest BCUT2D eigenvalue weighted by Gasteiger charge is -2.29. The smallest absolute Gasteiger partial charge is 0.127 e. The van der Waals surface area contributed by atoms with E-state index in [0.717, 1.165) is 6.04 Å². The van der Waals surface area contributed by atoms with E-state index in [1.807, 2.05) is 0 Å². The van der Waals surface area contributed by atoms with Crippen LogP contribution in [0.15, 0.2) is 0 Å². The molecular weight excluding hydrogens is 124 g/mol. The second kappa shape index (κ2) is 3.35. The van der Waals surface area contributed by atoms with Gasteiger partial charge in [-0.3, -0.25) is 0 Å². The molecule has 10 heavy (non-hydrogen) atoms. The molecule has 0 unspecified atom stereocenters. The van der Waals surface area contributed by atoms with Crippen LogP contribution in [0.1, 0.15) is 13.8 Å². The van der Waals surface area contributed by atoms with Crippen molar-refractivity contribution in [3.8, 4) is 0 Å². The Morgan fingerprint density at radius 1 is 1.00 bits per heavy atom. The van der Waals surface area contributed by atoms with Crippen molar-refractivity contribution in [2.45, 2.75) is 19.9 Å². The van der Waals surface area contributed by atoms with Crippen LogP contribution in [0, 0.1) is 0 Å². The Morgan fingerprint density at radius 3 is 1.90 bits per heavy atom. The molecule has 1 aliphatic heterocycles. The van der Waals surface area contributed by atoms with Crippen LogP contribution >= 0.6 is 0 Å². The fraction of sp³-hybridized carbons (Fsp3) is 1.00. The third-order valence-electron chi connectivity index (χ3n) is 2.56. The first-order valence-corrected chi connectivity index (χ1v) is 4.36. The van der Waals surface area contributed by atoms with Crippen LogP contribution in [-0.4, -0.2) is 39.3 Å². The van der Waals surface area contributed by atoms with Gasteiger partial charge < -0.3 is 9.80 Å². The third kappa shape index (κ3) is 1.96. The van der Waals surface area contributed by atoms with Crippen LogP contribution in [0.3, 0.4) is 0 Å². The molecule has 60 valence electrons. The number of rotatable bonds is 1. The molecule has 2 N–H and O–H groups in total. The highest BCUT2D eigenvalue weighted by molar-refractivity contribution is 4.40. The van der Waals surface area contributed by atoms with Gasteiger partial charge in [-0.25, -0.2) is 0 Å². The Kier molecular flexibility index (Phi) is 2.69. The molecular formula is C8H20N2+2. The summed E-state index contributed by atoms with van der Waals surface area (Å²) in [5, 5.41) is 0. The molecule has 0 aromatic carbocycles. The monoisotopic (exact) mass is 144 g/mol. The molecule has 1 aliphatic rings. The van der Waals surface area contributed by atoms with Crippen molar-refractivity contribution in [1.82, 2.24) is 0 Å². The van der Waals surface area contributed by atoms with Crippen molar-refractivity contribution < 1.29 is 9.80 Å². The maximum atomic E-state index is 2.32. The van der Waals surface area contributed by atoms with Gasteiger partial charge in [0.05, 0.1) is 13.1 Å². The van der Waals surface area contributed by atoms with Gasteiger partial charge in [-0.05, 0) is 13.8 Å². The van der Waals surface area contributed by atoms with Gasteiger partial charge in [-0.2, -0.15) is 0 Å². The first-order chi connectivity index (χ1) is 4.70. The highest BCUT2D eigenvalue weighted by Gasteiger charge is 2.21. The normalized spacial score (nSPS) is 34.8. The minimum atomic E-state index is 0.827. The molecule has 0 saturated carbocycles. The predicted molar refractivity (Wildman–Crippen MR) is 42.5 cm³/mol. The van der Waals surface area contributed by atoms with Gasteiger partial charge in [-0.15, -0.1) is 0 Å². The van der Waals surface area contributed by atoms with Crippen molar-refractivity contribution in [3.63, 3.8) is 0 Å². The molecule has 0 aromatic heterocycles. The summed E-state index contributed by atoms with van der Waals surface area (Å²) in [7, 11) is 2.29. The summed E-state index contributed by atoms with van der Waals surface area (Å²) >= 11 is 0. The minimum Gasteiger partial charge on any atom is -0.328 e. The van der Waals surface area contributed by atoms with Gasteiger partial charge >= 0.3 is 0 Å². The van der Waals surface area contributed by atoms with Crippen LogP contribution in [0.4, 0.5) is 0 Å². The van der Waals surface area contributed by atoms with Crippen molar-refractivity contribution in [3.05, 3.63) is 0 Å². The molecule has 1 saturated heterocycles. The molecule has 1 rings (SSSR count). The Hall–Kier alpha value is -0.0800. The first kappa shape index (κ1) is 8.02. The summed E-state index contributed by atoms with van der Waals surface area (Å²) in [6.07, 6.45) is 0.